The minimum atomic E-state index is -4.50. The number of nitrogens with zero attached hydrogens (tertiary/aromatic N) is 1. The van der Waals surface area contributed by atoms with E-state index >= 15 is 0 Å². The van der Waals surface area contributed by atoms with Crippen molar-refractivity contribution in [3.63, 3.8) is 0 Å². The smallest absolute Gasteiger partial charge is 0.398 e. The first-order valence-corrected chi connectivity index (χ1v) is 5.51. The zero-order valence-electron chi connectivity index (χ0n) is 10.6. The zero-order chi connectivity index (χ0) is 13.8. The average molecular weight is 262 g/mol. The number of nitrogens with one attached hydrogen (secondary N) is 1. The van der Waals surface area contributed by atoms with Crippen molar-refractivity contribution in [1.29, 1.82) is 0 Å². The molecule has 2 rings (SSSR count). The number of imidazole rings is 1. The monoisotopic (exact) mass is 262 g/mol. The molecule has 0 bridgehead atoms. The third-order valence-electron chi connectivity index (χ3n) is 3.37. The maximum absolute atomic E-state index is 12.4. The van der Waals surface area contributed by atoms with Crippen molar-refractivity contribution >= 4 is 12.7 Å². The van der Waals surface area contributed by atoms with E-state index < -0.39 is 30.3 Å². The molecule has 0 unspecified atom stereocenters. The van der Waals surface area contributed by atoms with E-state index in [4.69, 9.17) is 9.31 Å². The van der Waals surface area contributed by atoms with Gasteiger partial charge in [-0.15, -0.1) is 0 Å². The number of aromatic nitrogens is 2. The lowest BCUT2D eigenvalue weighted by Gasteiger charge is -2.32. The number of alkyl halides is 3. The van der Waals surface area contributed by atoms with Gasteiger partial charge in [-0.25, -0.2) is 4.98 Å². The highest BCUT2D eigenvalue weighted by Crippen LogP contribution is 2.36. The average Bonchev–Trinajstić information content (AvgIpc) is 2.69. The number of rotatable bonds is 1. The first-order valence-electron chi connectivity index (χ1n) is 5.51. The van der Waals surface area contributed by atoms with E-state index in [0.29, 0.717) is 0 Å². The molecule has 0 spiro atoms. The van der Waals surface area contributed by atoms with Crippen molar-refractivity contribution in [1.82, 2.24) is 9.97 Å². The summed E-state index contributed by atoms with van der Waals surface area (Å²) < 4.78 is 48.5. The van der Waals surface area contributed by atoms with Gasteiger partial charge in [-0.05, 0) is 27.7 Å². The summed E-state index contributed by atoms with van der Waals surface area (Å²) >= 11 is 0. The Morgan fingerprint density at radius 2 is 1.67 bits per heavy atom. The van der Waals surface area contributed by atoms with Gasteiger partial charge in [0.2, 0.25) is 5.82 Å². The maximum Gasteiger partial charge on any atom is 0.513 e. The van der Waals surface area contributed by atoms with E-state index in [0.717, 1.165) is 6.20 Å². The summed E-state index contributed by atoms with van der Waals surface area (Å²) in [5.41, 5.74) is -1.02. The third-order valence-corrected chi connectivity index (χ3v) is 3.37. The van der Waals surface area contributed by atoms with Gasteiger partial charge < -0.3 is 14.3 Å². The van der Waals surface area contributed by atoms with Gasteiger partial charge in [0.1, 0.15) is 0 Å². The molecule has 2 heterocycles. The van der Waals surface area contributed by atoms with Gasteiger partial charge in [0.15, 0.2) is 0 Å². The second-order valence-corrected chi connectivity index (χ2v) is 5.27. The van der Waals surface area contributed by atoms with Crippen LogP contribution in [0.2, 0.25) is 0 Å². The van der Waals surface area contributed by atoms with Gasteiger partial charge in [-0.2, -0.15) is 13.2 Å². The highest BCUT2D eigenvalue weighted by Gasteiger charge is 2.52. The number of H-pyrrole nitrogens is 1. The van der Waals surface area contributed by atoms with E-state index in [1.807, 2.05) is 27.7 Å². The molecule has 1 aromatic heterocycles. The molecule has 0 atom stereocenters. The van der Waals surface area contributed by atoms with Crippen LogP contribution in [0.25, 0.3) is 0 Å². The molecule has 1 fully saturated rings. The summed E-state index contributed by atoms with van der Waals surface area (Å²) in [6.07, 6.45) is -3.41. The van der Waals surface area contributed by atoms with Crippen LogP contribution >= 0.6 is 0 Å². The lowest BCUT2D eigenvalue weighted by Crippen LogP contribution is -2.41. The van der Waals surface area contributed by atoms with Gasteiger partial charge in [0.25, 0.3) is 0 Å². The van der Waals surface area contributed by atoms with Gasteiger partial charge >= 0.3 is 13.3 Å². The first kappa shape index (κ1) is 13.4. The molecule has 0 radical (unpaired) electrons. The molecule has 1 aliphatic heterocycles. The largest absolute Gasteiger partial charge is 0.513 e. The van der Waals surface area contributed by atoms with Gasteiger partial charge in [0.05, 0.1) is 16.8 Å². The van der Waals surface area contributed by atoms with E-state index in [1.54, 1.807) is 0 Å². The Morgan fingerprint density at radius 1 is 1.17 bits per heavy atom. The topological polar surface area (TPSA) is 47.1 Å². The van der Waals surface area contributed by atoms with Crippen LogP contribution in [0, 0.1) is 0 Å². The number of hydrogen-bond donors (Lipinski definition) is 1. The molecular weight excluding hydrogens is 248 g/mol. The highest BCUT2D eigenvalue weighted by molar-refractivity contribution is 6.61. The summed E-state index contributed by atoms with van der Waals surface area (Å²) in [6, 6.07) is 0. The lowest BCUT2D eigenvalue weighted by atomic mass is 9.86. The number of halogens is 3. The van der Waals surface area contributed by atoms with E-state index in [-0.39, 0.29) is 5.59 Å². The van der Waals surface area contributed by atoms with Crippen molar-refractivity contribution in [2.45, 2.75) is 45.1 Å². The third kappa shape index (κ3) is 2.14. The molecule has 18 heavy (non-hydrogen) atoms. The number of hydrogen-bond acceptors (Lipinski definition) is 3. The van der Waals surface area contributed by atoms with Crippen LogP contribution in [-0.2, 0) is 15.5 Å². The molecular formula is C10H14BF3N2O2. The molecule has 4 nitrogen and oxygen atoms in total. The van der Waals surface area contributed by atoms with Gasteiger partial charge in [-0.3, -0.25) is 0 Å². The van der Waals surface area contributed by atoms with Gasteiger partial charge in [-0.1, -0.05) is 0 Å². The molecule has 0 amide bonds. The molecule has 0 saturated carbocycles. The van der Waals surface area contributed by atoms with E-state index in [9.17, 15) is 13.2 Å². The lowest BCUT2D eigenvalue weighted by molar-refractivity contribution is -0.144. The molecule has 100 valence electrons. The fourth-order valence-corrected chi connectivity index (χ4v) is 1.57. The maximum atomic E-state index is 12.4. The van der Waals surface area contributed by atoms with E-state index in [1.165, 1.54) is 0 Å². The predicted octanol–water partition coefficient (Wildman–Crippen LogP) is 1.73. The summed E-state index contributed by atoms with van der Waals surface area (Å²) in [5.74, 6) is -1.05. The Bertz CT molecular complexity index is 440. The van der Waals surface area contributed by atoms with E-state index in [2.05, 4.69) is 9.97 Å². The summed E-state index contributed by atoms with van der Waals surface area (Å²) in [7, 11) is -0.862. The molecule has 0 aromatic carbocycles. The first-order chi connectivity index (χ1) is 8.03. The summed E-state index contributed by atoms with van der Waals surface area (Å²) in [5, 5.41) is 0. The Hall–Kier alpha value is -1.02. The van der Waals surface area contributed by atoms with Crippen LogP contribution in [0.1, 0.15) is 33.5 Å². The van der Waals surface area contributed by atoms with Crippen molar-refractivity contribution < 1.29 is 22.5 Å². The summed E-state index contributed by atoms with van der Waals surface area (Å²) in [4.78, 5) is 5.47. The van der Waals surface area contributed by atoms with Crippen molar-refractivity contribution in [2.75, 3.05) is 0 Å². The second-order valence-electron chi connectivity index (χ2n) is 5.27. The van der Waals surface area contributed by atoms with Crippen LogP contribution in [0.15, 0.2) is 6.20 Å². The normalized spacial score (nSPS) is 22.5. The van der Waals surface area contributed by atoms with Gasteiger partial charge in [0, 0.05) is 6.20 Å². The molecule has 1 saturated heterocycles. The Morgan fingerprint density at radius 3 is 2.06 bits per heavy atom. The zero-order valence-corrected chi connectivity index (χ0v) is 10.6. The number of aromatic amines is 1. The second kappa shape index (κ2) is 3.74. The Labute approximate surface area is 103 Å². The SMILES string of the molecule is CC1(C)OB(c2cnc(C(F)(F)F)[nH]2)OC1(C)C. The van der Waals surface area contributed by atoms with Crippen molar-refractivity contribution in [2.24, 2.45) is 0 Å². The molecule has 1 aromatic rings. The Kier molecular flexibility index (Phi) is 2.79. The van der Waals surface area contributed by atoms with Crippen LogP contribution in [-0.4, -0.2) is 28.3 Å². The minimum absolute atomic E-state index is 0.168. The van der Waals surface area contributed by atoms with Crippen LogP contribution < -0.4 is 5.59 Å². The standard InChI is InChI=1S/C10H14BF3N2O2/c1-8(2)9(3,4)18-11(17-8)6-5-15-7(16-6)10(12,13)14/h5H,1-4H3,(H,15,16). The fraction of sp³-hybridized carbons (Fsp3) is 0.700. The molecule has 1 aliphatic rings. The molecule has 1 N–H and O–H groups in total. The van der Waals surface area contributed by atoms with Crippen LogP contribution in [0.5, 0.6) is 0 Å². The predicted molar refractivity (Wildman–Crippen MR) is 59.3 cm³/mol. The summed E-state index contributed by atoms with van der Waals surface area (Å²) in [6.45, 7) is 7.31. The highest BCUT2D eigenvalue weighted by atomic mass is 19.4. The molecule has 0 aliphatic carbocycles. The van der Waals surface area contributed by atoms with Crippen LogP contribution in [0.4, 0.5) is 13.2 Å². The van der Waals surface area contributed by atoms with Crippen molar-refractivity contribution in [3.05, 3.63) is 12.0 Å². The minimum Gasteiger partial charge on any atom is -0.398 e. The molecule has 8 heteroatoms. The van der Waals surface area contributed by atoms with Crippen LogP contribution in [0.3, 0.4) is 0 Å². The Balaban J connectivity index is 2.23. The van der Waals surface area contributed by atoms with Crippen molar-refractivity contribution in [3.8, 4) is 0 Å². The fourth-order valence-electron chi connectivity index (χ4n) is 1.57. The quantitative estimate of drug-likeness (QED) is 0.784.